The topological polar surface area (TPSA) is 95.9 Å². The normalized spacial score (nSPS) is 39.6. The number of imide groups is 1. The number of hydrogen-bond donors (Lipinski definition) is 3. The first-order valence-electron chi connectivity index (χ1n) is 10.6. The molecule has 2 heterocycles. The maximum absolute atomic E-state index is 12.2. The van der Waals surface area contributed by atoms with Gasteiger partial charge in [0.05, 0.1) is 17.2 Å². The summed E-state index contributed by atoms with van der Waals surface area (Å²) in [6.07, 6.45) is 3.76. The molecule has 5 rings (SSSR count). The molecule has 2 aliphatic heterocycles. The van der Waals surface area contributed by atoms with Crippen LogP contribution in [0.25, 0.3) is 0 Å². The van der Waals surface area contributed by atoms with Crippen molar-refractivity contribution in [1.29, 1.82) is 0 Å². The van der Waals surface area contributed by atoms with Crippen molar-refractivity contribution in [1.82, 2.24) is 5.32 Å². The average Bonchev–Trinajstić information content (AvgIpc) is 3.17. The third-order valence-electron chi connectivity index (χ3n) is 8.91. The Kier molecular flexibility index (Phi) is 3.61. The van der Waals surface area contributed by atoms with Gasteiger partial charge in [0.2, 0.25) is 0 Å². The van der Waals surface area contributed by atoms with Crippen molar-refractivity contribution < 1.29 is 24.5 Å². The lowest BCUT2D eigenvalue weighted by Crippen LogP contribution is -2.66. The van der Waals surface area contributed by atoms with E-state index in [2.05, 4.69) is 33.0 Å². The summed E-state index contributed by atoms with van der Waals surface area (Å²) in [4.78, 5) is 24.3. The van der Waals surface area contributed by atoms with E-state index in [1.807, 2.05) is 0 Å². The predicted octanol–water partition coefficient (Wildman–Crippen LogP) is 3.18. The van der Waals surface area contributed by atoms with E-state index >= 15 is 0 Å². The molecule has 1 spiro atoms. The molecule has 3 N–H and O–H groups in total. The van der Waals surface area contributed by atoms with Gasteiger partial charge >= 0.3 is 0 Å². The molecule has 1 aromatic carbocycles. The number of rotatable bonds is 0. The Morgan fingerprint density at radius 2 is 1.86 bits per heavy atom. The Hall–Kier alpha value is -2.08. The molecule has 2 saturated carbocycles. The van der Waals surface area contributed by atoms with Gasteiger partial charge in [-0.3, -0.25) is 14.9 Å². The second-order valence-corrected chi connectivity index (χ2v) is 10.4. The van der Waals surface area contributed by atoms with Gasteiger partial charge in [-0.25, -0.2) is 0 Å². The zero-order valence-electron chi connectivity index (χ0n) is 17.5. The molecule has 156 valence electrons. The Morgan fingerprint density at radius 1 is 1.14 bits per heavy atom. The predicted molar refractivity (Wildman–Crippen MR) is 106 cm³/mol. The Morgan fingerprint density at radius 3 is 2.59 bits per heavy atom. The van der Waals surface area contributed by atoms with Crippen LogP contribution in [0.4, 0.5) is 0 Å². The number of phenols is 1. The molecular formula is C23H29NO5. The first-order valence-corrected chi connectivity index (χ1v) is 10.6. The van der Waals surface area contributed by atoms with Gasteiger partial charge in [0.1, 0.15) is 17.1 Å². The lowest BCUT2D eigenvalue weighted by molar-refractivity contribution is -0.210. The molecule has 5 unspecified atom stereocenters. The molecule has 2 aliphatic carbocycles. The number of fused-ring (bicyclic) bond motifs is 4. The van der Waals surface area contributed by atoms with Gasteiger partial charge in [0.15, 0.2) is 0 Å². The van der Waals surface area contributed by atoms with Crippen LogP contribution in [0.15, 0.2) is 6.07 Å². The van der Waals surface area contributed by atoms with Crippen molar-refractivity contribution in [2.75, 3.05) is 0 Å². The number of phenolic OH excluding ortho intramolecular Hbond substituents is 1. The van der Waals surface area contributed by atoms with Crippen LogP contribution in [0.5, 0.6) is 11.5 Å². The van der Waals surface area contributed by atoms with E-state index in [1.54, 1.807) is 6.07 Å². The fourth-order valence-electron chi connectivity index (χ4n) is 7.12. The van der Waals surface area contributed by atoms with Crippen molar-refractivity contribution in [3.8, 4) is 11.5 Å². The lowest BCUT2D eigenvalue weighted by atomic mass is 9.43. The number of aliphatic hydroxyl groups is 1. The second kappa shape index (κ2) is 5.54. The number of carbonyl (C=O) groups excluding carboxylic acids is 2. The van der Waals surface area contributed by atoms with Crippen LogP contribution >= 0.6 is 0 Å². The third kappa shape index (κ3) is 2.11. The van der Waals surface area contributed by atoms with Gasteiger partial charge in [-0.05, 0) is 49.0 Å². The van der Waals surface area contributed by atoms with Crippen LogP contribution in [0.3, 0.4) is 0 Å². The fraction of sp³-hybridized carbons (Fsp3) is 0.652. The summed E-state index contributed by atoms with van der Waals surface area (Å²) < 4.78 is 6.71. The van der Waals surface area contributed by atoms with E-state index in [9.17, 15) is 19.8 Å². The Labute approximate surface area is 170 Å². The number of nitrogens with one attached hydrogen (secondary N) is 1. The zero-order chi connectivity index (χ0) is 20.9. The summed E-state index contributed by atoms with van der Waals surface area (Å²) in [5.41, 5.74) is -0.0482. The second-order valence-electron chi connectivity index (χ2n) is 10.4. The van der Waals surface area contributed by atoms with Crippen molar-refractivity contribution in [3.05, 3.63) is 22.8 Å². The smallest absolute Gasteiger partial charge is 0.262 e. The monoisotopic (exact) mass is 399 g/mol. The quantitative estimate of drug-likeness (QED) is 0.583. The molecule has 2 fully saturated rings. The highest BCUT2D eigenvalue weighted by atomic mass is 16.5. The van der Waals surface area contributed by atoms with Crippen molar-refractivity contribution in [3.63, 3.8) is 0 Å². The number of hydrogen-bond acceptors (Lipinski definition) is 5. The highest BCUT2D eigenvalue weighted by Crippen LogP contribution is 2.66. The van der Waals surface area contributed by atoms with Crippen molar-refractivity contribution in [2.24, 2.45) is 22.7 Å². The number of ether oxygens (including phenoxy) is 1. The molecular weight excluding hydrogens is 370 g/mol. The maximum atomic E-state index is 12.2. The van der Waals surface area contributed by atoms with E-state index in [1.165, 1.54) is 0 Å². The summed E-state index contributed by atoms with van der Waals surface area (Å²) in [5, 5.41) is 23.9. The van der Waals surface area contributed by atoms with E-state index in [-0.39, 0.29) is 45.6 Å². The van der Waals surface area contributed by atoms with E-state index in [0.717, 1.165) is 25.7 Å². The molecule has 0 bridgehead atoms. The number of benzene rings is 1. The maximum Gasteiger partial charge on any atom is 0.262 e. The first kappa shape index (κ1) is 18.9. The van der Waals surface area contributed by atoms with Crippen LogP contribution in [0.1, 0.15) is 79.7 Å². The van der Waals surface area contributed by atoms with Crippen LogP contribution in [0.2, 0.25) is 0 Å². The van der Waals surface area contributed by atoms with Gasteiger partial charge in [-0.15, -0.1) is 0 Å². The van der Waals surface area contributed by atoms with Gasteiger partial charge in [0.25, 0.3) is 11.8 Å². The molecule has 5 atom stereocenters. The summed E-state index contributed by atoms with van der Waals surface area (Å²) >= 11 is 0. The minimum atomic E-state index is -0.547. The van der Waals surface area contributed by atoms with Gasteiger partial charge < -0.3 is 14.9 Å². The molecule has 0 saturated heterocycles. The summed E-state index contributed by atoms with van der Waals surface area (Å²) in [7, 11) is 0. The first-order chi connectivity index (χ1) is 13.5. The van der Waals surface area contributed by atoms with Crippen molar-refractivity contribution in [2.45, 2.75) is 71.5 Å². The minimum absolute atomic E-state index is 0.0685. The summed E-state index contributed by atoms with van der Waals surface area (Å²) in [5.74, 6) is -0.108. The molecule has 4 aliphatic rings. The number of amides is 2. The van der Waals surface area contributed by atoms with Crippen LogP contribution in [-0.4, -0.2) is 33.7 Å². The molecule has 2 amide bonds. The zero-order valence-corrected chi connectivity index (χ0v) is 17.5. The van der Waals surface area contributed by atoms with Crippen LogP contribution < -0.4 is 10.1 Å². The minimum Gasteiger partial charge on any atom is -0.507 e. The van der Waals surface area contributed by atoms with E-state index < -0.39 is 17.4 Å². The molecule has 0 radical (unpaired) electrons. The highest BCUT2D eigenvalue weighted by Gasteiger charge is 2.67. The lowest BCUT2D eigenvalue weighted by Gasteiger charge is -2.64. The van der Waals surface area contributed by atoms with Gasteiger partial charge in [-0.1, -0.05) is 27.7 Å². The molecule has 0 aromatic heterocycles. The summed E-state index contributed by atoms with van der Waals surface area (Å²) in [6.45, 7) is 8.78. The third-order valence-corrected chi connectivity index (χ3v) is 8.91. The van der Waals surface area contributed by atoms with Gasteiger partial charge in [-0.2, -0.15) is 0 Å². The Bertz CT molecular complexity index is 953. The highest BCUT2D eigenvalue weighted by molar-refractivity contribution is 6.23. The van der Waals surface area contributed by atoms with E-state index in [4.69, 9.17) is 4.74 Å². The van der Waals surface area contributed by atoms with Crippen LogP contribution in [-0.2, 0) is 6.42 Å². The number of aliphatic hydroxyl groups excluding tert-OH is 1. The van der Waals surface area contributed by atoms with Crippen LogP contribution in [0, 0.1) is 22.7 Å². The summed E-state index contributed by atoms with van der Waals surface area (Å²) in [6, 6.07) is 1.63. The molecule has 1 aromatic rings. The number of carbonyl (C=O) groups is 2. The van der Waals surface area contributed by atoms with Gasteiger partial charge in [0, 0.05) is 17.4 Å². The number of aromatic hydroxyl groups is 1. The molecule has 29 heavy (non-hydrogen) atoms. The largest absolute Gasteiger partial charge is 0.507 e. The average molecular weight is 399 g/mol. The Balaban J connectivity index is 1.65. The van der Waals surface area contributed by atoms with Crippen molar-refractivity contribution >= 4 is 11.8 Å². The molecule has 6 nitrogen and oxygen atoms in total. The fourth-order valence-corrected chi connectivity index (χ4v) is 7.12. The van der Waals surface area contributed by atoms with E-state index in [0.29, 0.717) is 17.7 Å². The standard InChI is InChI=1S/C23H29NO5/c1-11-5-6-15-21(2,3)16(25)7-8-22(15,4)23(11)10-13-14(29-23)9-12-17(18(13)26)20(28)24-19(12)27/h9,11,15-16,25-26H,5-8,10H2,1-4H3,(H,24,27,28). The molecule has 6 heteroatoms. The SMILES string of the molecule is CC1CCC2C(C)(C)C(O)CCC2(C)C12Cc1c(cc3c(c1O)C(=O)NC3=O)O2.